The predicted molar refractivity (Wildman–Crippen MR) is 97.3 cm³/mol. The number of aliphatic hydroxyl groups excluding tert-OH is 1. The van der Waals surface area contributed by atoms with E-state index in [2.05, 4.69) is 0 Å². The van der Waals surface area contributed by atoms with Crippen molar-refractivity contribution in [3.8, 4) is 11.5 Å². The third kappa shape index (κ3) is 3.21. The lowest BCUT2D eigenvalue weighted by Crippen LogP contribution is -2.31. The fraction of sp³-hybridized carbons (Fsp3) is 0.263. The highest BCUT2D eigenvalue weighted by molar-refractivity contribution is 5.88. The molecule has 0 saturated carbocycles. The maximum Gasteiger partial charge on any atom is 0.300 e. The van der Waals surface area contributed by atoms with Crippen LogP contribution in [0.4, 0.5) is 0 Å². The Labute approximate surface area is 151 Å². The molecule has 3 rings (SSSR count). The summed E-state index contributed by atoms with van der Waals surface area (Å²) in [5.41, 5.74) is 2.57. The van der Waals surface area contributed by atoms with Gasteiger partial charge in [-0.05, 0) is 48.0 Å². The van der Waals surface area contributed by atoms with Gasteiger partial charge in [-0.1, -0.05) is 0 Å². The first-order chi connectivity index (χ1) is 12.6. The number of hydrogen-bond acceptors (Lipinski definition) is 6. The number of β-amino-alcohol motifs (C(OH)–C–C–N with tert-alkyl or cyclic N) is 1. The van der Waals surface area contributed by atoms with Crippen molar-refractivity contribution in [2.75, 3.05) is 27.4 Å². The van der Waals surface area contributed by atoms with Gasteiger partial charge in [-0.2, -0.15) is 0 Å². The highest BCUT2D eigenvalue weighted by atomic mass is 16.6. The molecule has 1 N–H and O–H groups in total. The molecule has 0 bridgehead atoms. The Morgan fingerprint density at radius 3 is 2.35 bits per heavy atom. The zero-order chi connectivity index (χ0) is 18.7. The first-order valence-electron chi connectivity index (χ1n) is 8.15. The van der Waals surface area contributed by atoms with Crippen molar-refractivity contribution in [3.63, 3.8) is 0 Å². The van der Waals surface area contributed by atoms with Gasteiger partial charge in [-0.15, -0.1) is 0 Å². The zero-order valence-electron chi connectivity index (χ0n) is 14.6. The van der Waals surface area contributed by atoms with Crippen molar-refractivity contribution in [2.24, 2.45) is 0 Å². The van der Waals surface area contributed by atoms with E-state index in [1.807, 2.05) is 4.90 Å². The number of rotatable bonds is 6. The normalized spacial score (nSPS) is 13.4. The van der Waals surface area contributed by atoms with E-state index in [9.17, 15) is 15.2 Å². The molecule has 26 heavy (non-hydrogen) atoms. The molecule has 136 valence electrons. The SMILES string of the molecule is COc1ccc(C2=C([N+](=O)[O-])c3ccc(OC)cc3CN2CCO)cc1. The van der Waals surface area contributed by atoms with Gasteiger partial charge in [-0.3, -0.25) is 10.1 Å². The predicted octanol–water partition coefficient (Wildman–Crippen LogP) is 2.61. The smallest absolute Gasteiger partial charge is 0.300 e. The largest absolute Gasteiger partial charge is 0.497 e. The molecule has 0 radical (unpaired) electrons. The van der Waals surface area contributed by atoms with E-state index in [-0.39, 0.29) is 23.8 Å². The maximum absolute atomic E-state index is 11.9. The Hall–Kier alpha value is -3.06. The second-order valence-electron chi connectivity index (χ2n) is 5.85. The molecule has 7 nitrogen and oxygen atoms in total. The van der Waals surface area contributed by atoms with Crippen molar-refractivity contribution in [3.05, 3.63) is 69.3 Å². The highest BCUT2D eigenvalue weighted by Gasteiger charge is 2.33. The molecule has 1 aliphatic rings. The third-order valence-corrected chi connectivity index (χ3v) is 4.39. The molecule has 2 aromatic rings. The minimum absolute atomic E-state index is 0.0209. The molecule has 0 amide bonds. The summed E-state index contributed by atoms with van der Waals surface area (Å²) in [7, 11) is 3.13. The first kappa shape index (κ1) is 17.8. The fourth-order valence-electron chi connectivity index (χ4n) is 3.19. The molecule has 1 heterocycles. The summed E-state index contributed by atoms with van der Waals surface area (Å²) in [6.45, 7) is 0.630. The number of nitro groups is 1. The van der Waals surface area contributed by atoms with Gasteiger partial charge < -0.3 is 19.5 Å². The van der Waals surface area contributed by atoms with Gasteiger partial charge >= 0.3 is 5.70 Å². The fourth-order valence-corrected chi connectivity index (χ4v) is 3.19. The van der Waals surface area contributed by atoms with Crippen LogP contribution in [0.25, 0.3) is 11.4 Å². The molecule has 2 aromatic carbocycles. The van der Waals surface area contributed by atoms with Crippen molar-refractivity contribution in [2.45, 2.75) is 6.54 Å². The van der Waals surface area contributed by atoms with Crippen LogP contribution in [0.15, 0.2) is 42.5 Å². The molecular weight excluding hydrogens is 336 g/mol. The quantitative estimate of drug-likeness (QED) is 0.633. The van der Waals surface area contributed by atoms with Crippen molar-refractivity contribution < 1.29 is 19.5 Å². The standard InChI is InChI=1S/C19H20N2O5/c1-25-15-5-3-13(4-6-15)18-19(21(23)24)17-8-7-16(26-2)11-14(17)12-20(18)9-10-22/h3-8,11,22H,9-10,12H2,1-2H3. The lowest BCUT2D eigenvalue weighted by Gasteiger charge is -2.31. The lowest BCUT2D eigenvalue weighted by molar-refractivity contribution is -0.375. The van der Waals surface area contributed by atoms with Crippen LogP contribution in [-0.2, 0) is 6.54 Å². The number of methoxy groups -OCH3 is 2. The van der Waals surface area contributed by atoms with Gasteiger partial charge in [0.2, 0.25) is 0 Å². The second-order valence-corrected chi connectivity index (χ2v) is 5.85. The van der Waals surface area contributed by atoms with Crippen LogP contribution in [0, 0.1) is 10.1 Å². The van der Waals surface area contributed by atoms with E-state index >= 15 is 0 Å². The van der Waals surface area contributed by atoms with Crippen molar-refractivity contribution in [1.29, 1.82) is 0 Å². The van der Waals surface area contributed by atoms with E-state index in [0.717, 1.165) is 5.56 Å². The minimum Gasteiger partial charge on any atom is -0.497 e. The highest BCUT2D eigenvalue weighted by Crippen LogP contribution is 2.39. The van der Waals surface area contributed by atoms with Crippen molar-refractivity contribution in [1.82, 2.24) is 4.90 Å². The van der Waals surface area contributed by atoms with Gasteiger partial charge in [0.1, 0.15) is 17.2 Å². The summed E-state index contributed by atoms with van der Waals surface area (Å²) < 4.78 is 10.4. The van der Waals surface area contributed by atoms with E-state index in [4.69, 9.17) is 9.47 Å². The Balaban J connectivity index is 2.22. The number of benzene rings is 2. The summed E-state index contributed by atoms with van der Waals surface area (Å²) in [5.74, 6) is 1.31. The van der Waals surface area contributed by atoms with Crippen LogP contribution >= 0.6 is 0 Å². The maximum atomic E-state index is 11.9. The van der Waals surface area contributed by atoms with E-state index < -0.39 is 0 Å². The summed E-state index contributed by atoms with van der Waals surface area (Å²) in [4.78, 5) is 13.4. The number of fused-ring (bicyclic) bond motifs is 1. The molecule has 0 spiro atoms. The van der Waals surface area contributed by atoms with Gasteiger partial charge in [0, 0.05) is 18.7 Å². The number of hydrogen-bond donors (Lipinski definition) is 1. The van der Waals surface area contributed by atoms with E-state index in [1.54, 1.807) is 56.7 Å². The van der Waals surface area contributed by atoms with Crippen LogP contribution in [-0.4, -0.2) is 42.3 Å². The molecule has 1 aliphatic heterocycles. The van der Waals surface area contributed by atoms with Crippen LogP contribution in [0.3, 0.4) is 0 Å². The van der Waals surface area contributed by atoms with Gasteiger partial charge in [0.05, 0.1) is 31.3 Å². The van der Waals surface area contributed by atoms with Gasteiger partial charge in [-0.25, -0.2) is 0 Å². The molecular formula is C19H20N2O5. The van der Waals surface area contributed by atoms with E-state index in [0.29, 0.717) is 34.9 Å². The van der Waals surface area contributed by atoms with Crippen LogP contribution in [0.1, 0.15) is 16.7 Å². The molecule has 0 saturated heterocycles. The number of ether oxygens (including phenoxy) is 2. The molecule has 7 heteroatoms. The summed E-state index contributed by atoms with van der Waals surface area (Å²) in [6, 6.07) is 12.3. The molecule has 0 aliphatic carbocycles. The Kier molecular flexibility index (Phi) is 5.09. The molecule has 0 aromatic heterocycles. The number of aliphatic hydroxyl groups is 1. The average Bonchev–Trinajstić information content (AvgIpc) is 2.66. The van der Waals surface area contributed by atoms with Crippen molar-refractivity contribution >= 4 is 11.4 Å². The minimum atomic E-state index is -0.367. The Morgan fingerprint density at radius 2 is 1.77 bits per heavy atom. The summed E-state index contributed by atoms with van der Waals surface area (Å²) in [5, 5.41) is 21.4. The van der Waals surface area contributed by atoms with Crippen LogP contribution in [0.5, 0.6) is 11.5 Å². The molecule has 0 atom stereocenters. The first-order valence-corrected chi connectivity index (χ1v) is 8.15. The molecule has 0 unspecified atom stereocenters. The average molecular weight is 356 g/mol. The topological polar surface area (TPSA) is 85.1 Å². The van der Waals surface area contributed by atoms with Gasteiger partial charge in [0.25, 0.3) is 0 Å². The zero-order valence-corrected chi connectivity index (χ0v) is 14.6. The number of nitrogens with zero attached hydrogens (tertiary/aromatic N) is 2. The lowest BCUT2D eigenvalue weighted by atomic mass is 9.94. The van der Waals surface area contributed by atoms with Gasteiger partial charge in [0.15, 0.2) is 0 Å². The summed E-state index contributed by atoms with van der Waals surface area (Å²) in [6.07, 6.45) is 0. The Morgan fingerprint density at radius 1 is 1.12 bits per heavy atom. The Bertz CT molecular complexity index is 846. The molecule has 0 fully saturated rings. The van der Waals surface area contributed by atoms with Crippen LogP contribution < -0.4 is 9.47 Å². The second kappa shape index (κ2) is 7.45. The third-order valence-electron chi connectivity index (χ3n) is 4.39. The summed E-state index contributed by atoms with van der Waals surface area (Å²) >= 11 is 0. The van der Waals surface area contributed by atoms with E-state index in [1.165, 1.54) is 0 Å². The monoisotopic (exact) mass is 356 g/mol. The van der Waals surface area contributed by atoms with Crippen LogP contribution in [0.2, 0.25) is 0 Å².